The topological polar surface area (TPSA) is 30.7 Å². The molecule has 0 aliphatic rings. The van der Waals surface area contributed by atoms with E-state index in [1.54, 1.807) is 0 Å². The van der Waals surface area contributed by atoms with Gasteiger partial charge in [-0.25, -0.2) is 9.97 Å². The molecule has 0 atom stereocenters. The normalized spacial score (nSPS) is 11.9. The predicted octanol–water partition coefficient (Wildman–Crippen LogP) is 11.6. The summed E-state index contributed by atoms with van der Waals surface area (Å²) in [5.41, 5.74) is 9.27. The first kappa shape index (κ1) is 25.5. The molecule has 0 radical (unpaired) electrons. The van der Waals surface area contributed by atoms with E-state index in [0.29, 0.717) is 0 Å². The van der Waals surface area contributed by atoms with E-state index in [1.165, 1.54) is 42.0 Å². The lowest BCUT2D eigenvalue weighted by Crippen LogP contribution is -1.97. The standard InChI is InChI=1S/C42H25N3S/c1-3-11-26(12-4-1)40-41(27-13-5-2-6-14-27)44-42-30-21-20-29(23-28(30)19-22-35(42)43-40)45-36-17-9-7-15-31(36)33-25-39-34(24-37(33)45)32-16-8-10-18-38(32)46-39/h1-25H. The third-order valence-electron chi connectivity index (χ3n) is 9.16. The molecule has 7 aromatic carbocycles. The summed E-state index contributed by atoms with van der Waals surface area (Å²) in [5.74, 6) is 0. The van der Waals surface area contributed by atoms with Crippen molar-refractivity contribution in [3.05, 3.63) is 152 Å². The van der Waals surface area contributed by atoms with Gasteiger partial charge in [0.15, 0.2) is 0 Å². The first-order valence-corrected chi connectivity index (χ1v) is 16.3. The van der Waals surface area contributed by atoms with Gasteiger partial charge in [-0.3, -0.25) is 0 Å². The van der Waals surface area contributed by atoms with E-state index < -0.39 is 0 Å². The Morgan fingerprint density at radius 3 is 1.93 bits per heavy atom. The van der Waals surface area contributed by atoms with Gasteiger partial charge in [-0.15, -0.1) is 11.3 Å². The maximum Gasteiger partial charge on any atom is 0.0973 e. The predicted molar refractivity (Wildman–Crippen MR) is 195 cm³/mol. The third kappa shape index (κ3) is 3.77. The second-order valence-corrected chi connectivity index (χ2v) is 12.9. The zero-order valence-corrected chi connectivity index (χ0v) is 25.5. The van der Waals surface area contributed by atoms with E-state index in [9.17, 15) is 0 Å². The quantitative estimate of drug-likeness (QED) is 0.188. The lowest BCUT2D eigenvalue weighted by atomic mass is 10.0. The molecule has 4 heteroatoms. The molecule has 46 heavy (non-hydrogen) atoms. The van der Waals surface area contributed by atoms with Crippen LogP contribution in [0.15, 0.2) is 152 Å². The SMILES string of the molecule is c1ccc(-c2nc3ccc4cc(-n5c6ccccc6c6cc7sc8ccccc8c7cc65)ccc4c3nc2-c2ccccc2)cc1. The maximum absolute atomic E-state index is 5.33. The number of rotatable bonds is 3. The van der Waals surface area contributed by atoms with Crippen LogP contribution in [-0.4, -0.2) is 14.5 Å². The van der Waals surface area contributed by atoms with E-state index in [1.807, 2.05) is 23.5 Å². The van der Waals surface area contributed by atoms with Crippen molar-refractivity contribution in [1.29, 1.82) is 0 Å². The molecule has 0 N–H and O–H groups in total. The van der Waals surface area contributed by atoms with Crippen molar-refractivity contribution in [2.24, 2.45) is 0 Å². The first-order valence-electron chi connectivity index (χ1n) is 15.5. The molecule has 3 aromatic heterocycles. The summed E-state index contributed by atoms with van der Waals surface area (Å²) in [7, 11) is 0. The fourth-order valence-corrected chi connectivity index (χ4v) is 8.16. The van der Waals surface area contributed by atoms with Crippen LogP contribution in [0, 0.1) is 0 Å². The van der Waals surface area contributed by atoms with Crippen LogP contribution in [0.25, 0.3) is 92.0 Å². The number of hydrogen-bond donors (Lipinski definition) is 0. The summed E-state index contributed by atoms with van der Waals surface area (Å²) in [6, 6.07) is 54.0. The molecule has 3 nitrogen and oxygen atoms in total. The minimum atomic E-state index is 0.891. The summed E-state index contributed by atoms with van der Waals surface area (Å²) in [6.45, 7) is 0. The molecule has 10 aromatic rings. The van der Waals surface area contributed by atoms with Gasteiger partial charge in [-0.1, -0.05) is 109 Å². The molecule has 3 heterocycles. The fraction of sp³-hybridized carbons (Fsp3) is 0. The minimum absolute atomic E-state index is 0.891. The zero-order valence-electron chi connectivity index (χ0n) is 24.7. The number of aromatic nitrogens is 3. The van der Waals surface area contributed by atoms with Crippen LogP contribution in [0.1, 0.15) is 0 Å². The van der Waals surface area contributed by atoms with Crippen molar-refractivity contribution < 1.29 is 0 Å². The number of benzene rings is 7. The summed E-state index contributed by atoms with van der Waals surface area (Å²) in [6.07, 6.45) is 0. The Morgan fingerprint density at radius 1 is 0.435 bits per heavy atom. The van der Waals surface area contributed by atoms with Crippen LogP contribution in [0.3, 0.4) is 0 Å². The van der Waals surface area contributed by atoms with Gasteiger partial charge in [0, 0.05) is 53.1 Å². The molecule has 0 bridgehead atoms. The molecule has 0 fully saturated rings. The van der Waals surface area contributed by atoms with Gasteiger partial charge >= 0.3 is 0 Å². The molecule has 0 saturated carbocycles. The van der Waals surface area contributed by atoms with Gasteiger partial charge in [0.05, 0.1) is 33.5 Å². The van der Waals surface area contributed by atoms with Crippen molar-refractivity contribution in [2.45, 2.75) is 0 Å². The molecule has 0 aliphatic heterocycles. The fourth-order valence-electron chi connectivity index (χ4n) is 7.03. The van der Waals surface area contributed by atoms with E-state index in [4.69, 9.17) is 9.97 Å². The van der Waals surface area contributed by atoms with E-state index in [0.717, 1.165) is 50.0 Å². The number of para-hydroxylation sites is 1. The average Bonchev–Trinajstić information content (AvgIpc) is 3.65. The van der Waals surface area contributed by atoms with E-state index >= 15 is 0 Å². The highest BCUT2D eigenvalue weighted by Crippen LogP contribution is 2.41. The molecule has 0 aliphatic carbocycles. The Balaban J connectivity index is 1.22. The monoisotopic (exact) mass is 603 g/mol. The lowest BCUT2D eigenvalue weighted by Gasteiger charge is -2.13. The Labute approximate surface area is 268 Å². The second kappa shape index (κ2) is 9.83. The summed E-state index contributed by atoms with van der Waals surface area (Å²) in [4.78, 5) is 10.5. The van der Waals surface area contributed by atoms with Crippen LogP contribution >= 0.6 is 11.3 Å². The van der Waals surface area contributed by atoms with Crippen LogP contribution in [0.2, 0.25) is 0 Å². The number of fused-ring (bicyclic) bond motifs is 9. The molecule has 0 amide bonds. The van der Waals surface area contributed by atoms with Crippen molar-refractivity contribution >= 4 is 75.1 Å². The van der Waals surface area contributed by atoms with Crippen LogP contribution < -0.4 is 0 Å². The molecule has 10 rings (SSSR count). The highest BCUT2D eigenvalue weighted by molar-refractivity contribution is 7.25. The number of thiophene rings is 1. The summed E-state index contributed by atoms with van der Waals surface area (Å²) < 4.78 is 5.06. The Hall–Kier alpha value is -5.84. The van der Waals surface area contributed by atoms with Gasteiger partial charge in [-0.2, -0.15) is 0 Å². The molecular formula is C42H25N3S. The Kier molecular flexibility index (Phi) is 5.45. The van der Waals surface area contributed by atoms with Crippen molar-refractivity contribution in [3.8, 4) is 28.2 Å². The van der Waals surface area contributed by atoms with Crippen molar-refractivity contribution in [2.75, 3.05) is 0 Å². The van der Waals surface area contributed by atoms with Crippen LogP contribution in [-0.2, 0) is 0 Å². The summed E-state index contributed by atoms with van der Waals surface area (Å²) >= 11 is 1.87. The van der Waals surface area contributed by atoms with Gasteiger partial charge in [0.2, 0.25) is 0 Å². The van der Waals surface area contributed by atoms with E-state index in [2.05, 4.69) is 144 Å². The molecule has 0 saturated heterocycles. The van der Waals surface area contributed by atoms with Gasteiger partial charge in [0.1, 0.15) is 0 Å². The van der Waals surface area contributed by atoms with Gasteiger partial charge in [0.25, 0.3) is 0 Å². The molecule has 214 valence electrons. The third-order valence-corrected chi connectivity index (χ3v) is 10.3. The number of nitrogens with zero attached hydrogens (tertiary/aromatic N) is 3. The maximum atomic E-state index is 5.33. The zero-order chi connectivity index (χ0) is 30.2. The molecule has 0 unspecified atom stereocenters. The van der Waals surface area contributed by atoms with E-state index in [-0.39, 0.29) is 0 Å². The smallest absolute Gasteiger partial charge is 0.0973 e. The average molecular weight is 604 g/mol. The summed E-state index contributed by atoms with van der Waals surface area (Å²) in [5, 5.41) is 7.40. The lowest BCUT2D eigenvalue weighted by molar-refractivity contribution is 1.19. The number of hydrogen-bond acceptors (Lipinski definition) is 3. The molecule has 0 spiro atoms. The van der Waals surface area contributed by atoms with Crippen LogP contribution in [0.4, 0.5) is 0 Å². The second-order valence-electron chi connectivity index (χ2n) is 11.8. The highest BCUT2D eigenvalue weighted by Gasteiger charge is 2.18. The van der Waals surface area contributed by atoms with Gasteiger partial charge < -0.3 is 4.57 Å². The van der Waals surface area contributed by atoms with Crippen molar-refractivity contribution in [1.82, 2.24) is 14.5 Å². The van der Waals surface area contributed by atoms with Gasteiger partial charge in [-0.05, 0) is 47.9 Å². The Morgan fingerprint density at radius 2 is 1.13 bits per heavy atom. The molecular weight excluding hydrogens is 579 g/mol. The van der Waals surface area contributed by atoms with Crippen molar-refractivity contribution in [3.63, 3.8) is 0 Å². The highest BCUT2D eigenvalue weighted by atomic mass is 32.1. The minimum Gasteiger partial charge on any atom is -0.309 e. The Bertz CT molecular complexity index is 2790. The first-order chi connectivity index (χ1) is 22.8. The van der Waals surface area contributed by atoms with Crippen LogP contribution in [0.5, 0.6) is 0 Å². The largest absolute Gasteiger partial charge is 0.309 e.